The lowest BCUT2D eigenvalue weighted by Gasteiger charge is -2.05. The number of nitrogens with zero attached hydrogens (tertiary/aromatic N) is 1. The fourth-order valence-corrected chi connectivity index (χ4v) is 1.83. The Labute approximate surface area is 117 Å². The lowest BCUT2D eigenvalue weighted by molar-refractivity contribution is -0.387. The van der Waals surface area contributed by atoms with E-state index in [1.165, 1.54) is 0 Å². The van der Waals surface area contributed by atoms with Crippen LogP contribution in [-0.4, -0.2) is 16.0 Å². The molecule has 0 aliphatic carbocycles. The molecule has 2 rings (SSSR count). The van der Waals surface area contributed by atoms with Gasteiger partial charge in [-0.2, -0.15) is 4.39 Å². The van der Waals surface area contributed by atoms with E-state index >= 15 is 0 Å². The Morgan fingerprint density at radius 3 is 2.30 bits per heavy atom. The van der Waals surface area contributed by atoms with Gasteiger partial charge in [-0.05, 0) is 29.3 Å². The molecule has 0 heterocycles. The number of aromatic carboxylic acids is 1. The summed E-state index contributed by atoms with van der Waals surface area (Å²) < 4.78 is 13.7. The molecule has 0 unspecified atom stereocenters. The first-order valence-corrected chi connectivity index (χ1v) is 5.75. The van der Waals surface area contributed by atoms with Crippen LogP contribution in [0.3, 0.4) is 0 Å². The van der Waals surface area contributed by atoms with E-state index in [9.17, 15) is 19.3 Å². The third-order valence-electron chi connectivity index (χ3n) is 2.66. The zero-order valence-electron chi connectivity index (χ0n) is 9.84. The summed E-state index contributed by atoms with van der Waals surface area (Å²) in [4.78, 5) is 20.8. The van der Waals surface area contributed by atoms with E-state index in [0.29, 0.717) is 10.6 Å². The number of benzene rings is 2. The van der Waals surface area contributed by atoms with Crippen molar-refractivity contribution in [2.24, 2.45) is 0 Å². The summed E-state index contributed by atoms with van der Waals surface area (Å²) in [5.41, 5.74) is -0.897. The SMILES string of the molecule is O=C(O)c1cc(-c2ccc(Cl)cc2)cc([N+](=O)[O-])c1F. The topological polar surface area (TPSA) is 80.4 Å². The van der Waals surface area contributed by atoms with Gasteiger partial charge in [0, 0.05) is 11.1 Å². The third-order valence-corrected chi connectivity index (χ3v) is 2.91. The Bertz CT molecular complexity index is 665. The Morgan fingerprint density at radius 1 is 1.20 bits per heavy atom. The fourth-order valence-electron chi connectivity index (χ4n) is 1.71. The molecule has 5 nitrogen and oxygen atoms in total. The van der Waals surface area contributed by atoms with Gasteiger partial charge in [0.1, 0.15) is 5.56 Å². The largest absolute Gasteiger partial charge is 0.478 e. The highest BCUT2D eigenvalue weighted by molar-refractivity contribution is 6.30. The summed E-state index contributed by atoms with van der Waals surface area (Å²) in [6.07, 6.45) is 0. The predicted octanol–water partition coefficient (Wildman–Crippen LogP) is 3.75. The smallest absolute Gasteiger partial charge is 0.338 e. The van der Waals surface area contributed by atoms with Crippen LogP contribution >= 0.6 is 11.6 Å². The molecular formula is C13H7ClFNO4. The van der Waals surface area contributed by atoms with Gasteiger partial charge >= 0.3 is 11.7 Å². The molecule has 0 spiro atoms. The molecular weight excluding hydrogens is 289 g/mol. The van der Waals surface area contributed by atoms with Crippen LogP contribution in [0.2, 0.25) is 5.02 Å². The molecule has 2 aromatic carbocycles. The number of carbonyl (C=O) groups is 1. The molecule has 2 aromatic rings. The van der Waals surface area contributed by atoms with Gasteiger partial charge < -0.3 is 5.11 Å². The summed E-state index contributed by atoms with van der Waals surface area (Å²) in [5.74, 6) is -2.93. The maximum atomic E-state index is 13.7. The van der Waals surface area contributed by atoms with E-state index in [2.05, 4.69) is 0 Å². The molecule has 0 atom stereocenters. The van der Waals surface area contributed by atoms with Gasteiger partial charge in [-0.25, -0.2) is 4.79 Å². The van der Waals surface area contributed by atoms with Gasteiger partial charge in [-0.15, -0.1) is 0 Å². The fraction of sp³-hybridized carbons (Fsp3) is 0. The number of nitro benzene ring substituents is 1. The van der Waals surface area contributed by atoms with Gasteiger partial charge in [0.15, 0.2) is 0 Å². The van der Waals surface area contributed by atoms with Crippen molar-refractivity contribution >= 4 is 23.3 Å². The van der Waals surface area contributed by atoms with Crippen molar-refractivity contribution in [2.45, 2.75) is 0 Å². The molecule has 0 radical (unpaired) electrons. The molecule has 0 aliphatic rings. The lowest BCUT2D eigenvalue weighted by Crippen LogP contribution is -2.04. The van der Waals surface area contributed by atoms with Crippen LogP contribution in [0.5, 0.6) is 0 Å². The zero-order valence-corrected chi connectivity index (χ0v) is 10.6. The van der Waals surface area contributed by atoms with Crippen molar-refractivity contribution in [3.63, 3.8) is 0 Å². The second-order valence-corrected chi connectivity index (χ2v) is 4.36. The van der Waals surface area contributed by atoms with Crippen LogP contribution in [-0.2, 0) is 0 Å². The van der Waals surface area contributed by atoms with Gasteiger partial charge in [0.2, 0.25) is 5.82 Å². The number of rotatable bonds is 3. The lowest BCUT2D eigenvalue weighted by atomic mass is 10.0. The van der Waals surface area contributed by atoms with Crippen LogP contribution in [0.15, 0.2) is 36.4 Å². The number of halogens is 2. The molecule has 20 heavy (non-hydrogen) atoms. The Morgan fingerprint density at radius 2 is 1.80 bits per heavy atom. The van der Waals surface area contributed by atoms with Crippen LogP contribution in [0.25, 0.3) is 11.1 Å². The number of hydrogen-bond donors (Lipinski definition) is 1. The molecule has 0 aromatic heterocycles. The minimum Gasteiger partial charge on any atom is -0.478 e. The first-order valence-electron chi connectivity index (χ1n) is 5.37. The second-order valence-electron chi connectivity index (χ2n) is 3.93. The molecule has 0 amide bonds. The molecule has 0 aliphatic heterocycles. The Kier molecular flexibility index (Phi) is 3.67. The van der Waals surface area contributed by atoms with Crippen LogP contribution in [0, 0.1) is 15.9 Å². The van der Waals surface area contributed by atoms with Crippen molar-refractivity contribution < 1.29 is 19.2 Å². The highest BCUT2D eigenvalue weighted by Crippen LogP contribution is 2.30. The molecule has 7 heteroatoms. The van der Waals surface area contributed by atoms with Gasteiger partial charge in [-0.1, -0.05) is 23.7 Å². The minimum atomic E-state index is -1.57. The first-order chi connectivity index (χ1) is 9.40. The maximum absolute atomic E-state index is 13.7. The van der Waals surface area contributed by atoms with E-state index in [1.807, 2.05) is 0 Å². The highest BCUT2D eigenvalue weighted by Gasteiger charge is 2.23. The number of nitro groups is 1. The number of carboxylic acids is 1. The Hall–Kier alpha value is -2.47. The highest BCUT2D eigenvalue weighted by atomic mass is 35.5. The van der Waals surface area contributed by atoms with Crippen molar-refractivity contribution in [1.29, 1.82) is 0 Å². The normalized spacial score (nSPS) is 10.3. The number of carboxylic acid groups (broad SMARTS) is 1. The van der Waals surface area contributed by atoms with E-state index in [0.717, 1.165) is 12.1 Å². The third kappa shape index (κ3) is 2.60. The van der Waals surface area contributed by atoms with E-state index in [-0.39, 0.29) is 5.56 Å². The van der Waals surface area contributed by atoms with Crippen molar-refractivity contribution in [3.05, 3.63) is 62.9 Å². The molecule has 0 bridgehead atoms. The summed E-state index contributed by atoms with van der Waals surface area (Å²) in [7, 11) is 0. The summed E-state index contributed by atoms with van der Waals surface area (Å²) in [5, 5.41) is 20.2. The molecule has 0 saturated carbocycles. The molecule has 0 saturated heterocycles. The molecule has 0 fully saturated rings. The van der Waals surface area contributed by atoms with Crippen LogP contribution in [0.1, 0.15) is 10.4 Å². The second kappa shape index (κ2) is 5.26. The minimum absolute atomic E-state index is 0.229. The summed E-state index contributed by atoms with van der Waals surface area (Å²) in [6.45, 7) is 0. The van der Waals surface area contributed by atoms with Crippen molar-refractivity contribution in [1.82, 2.24) is 0 Å². The molecule has 102 valence electrons. The van der Waals surface area contributed by atoms with Gasteiger partial charge in [0.25, 0.3) is 0 Å². The quantitative estimate of drug-likeness (QED) is 0.690. The van der Waals surface area contributed by atoms with E-state index in [4.69, 9.17) is 16.7 Å². The van der Waals surface area contributed by atoms with Gasteiger partial charge in [0.05, 0.1) is 4.92 Å². The van der Waals surface area contributed by atoms with Crippen LogP contribution in [0.4, 0.5) is 10.1 Å². The van der Waals surface area contributed by atoms with E-state index in [1.54, 1.807) is 24.3 Å². The van der Waals surface area contributed by atoms with Crippen LogP contribution < -0.4 is 0 Å². The maximum Gasteiger partial charge on any atom is 0.338 e. The first kappa shape index (κ1) is 14.0. The average molecular weight is 296 g/mol. The van der Waals surface area contributed by atoms with Crippen molar-refractivity contribution in [3.8, 4) is 11.1 Å². The summed E-state index contributed by atoms with van der Waals surface area (Å²) >= 11 is 5.73. The number of hydrogen-bond acceptors (Lipinski definition) is 3. The van der Waals surface area contributed by atoms with Crippen molar-refractivity contribution in [2.75, 3.05) is 0 Å². The average Bonchev–Trinajstić information content (AvgIpc) is 2.39. The zero-order chi connectivity index (χ0) is 14.9. The molecule has 1 N–H and O–H groups in total. The summed E-state index contributed by atoms with van der Waals surface area (Å²) in [6, 6.07) is 8.26. The van der Waals surface area contributed by atoms with E-state index < -0.39 is 28.0 Å². The van der Waals surface area contributed by atoms with Gasteiger partial charge in [-0.3, -0.25) is 10.1 Å². The predicted molar refractivity (Wildman–Crippen MR) is 70.5 cm³/mol. The monoisotopic (exact) mass is 295 g/mol. The Balaban J connectivity index is 2.68. The standard InChI is InChI=1S/C13H7ClFNO4/c14-9-3-1-7(2-4-9)8-5-10(13(17)18)12(15)11(6-8)16(19)20/h1-6H,(H,17,18).